The summed E-state index contributed by atoms with van der Waals surface area (Å²) in [6.45, 7) is 1.08. The van der Waals surface area contributed by atoms with Crippen LogP contribution in [-0.2, 0) is 16.1 Å². The molecular weight excluding hydrogens is 242 g/mol. The van der Waals surface area contributed by atoms with E-state index in [0.29, 0.717) is 13.2 Å². The van der Waals surface area contributed by atoms with Gasteiger partial charge in [-0.15, -0.1) is 10.2 Å². The maximum atomic E-state index is 11.7. The molecule has 90 valence electrons. The molecule has 0 saturated carbocycles. The molecule has 0 spiro atoms. The Morgan fingerprint density at radius 1 is 1.71 bits per heavy atom. The number of rotatable bonds is 3. The van der Waals surface area contributed by atoms with E-state index >= 15 is 0 Å². The average molecular weight is 253 g/mol. The van der Waals surface area contributed by atoms with Crippen molar-refractivity contribution in [1.29, 1.82) is 0 Å². The highest BCUT2D eigenvalue weighted by molar-refractivity contribution is 7.16. The second kappa shape index (κ2) is 4.38. The van der Waals surface area contributed by atoms with Gasteiger partial charge in [-0.25, -0.2) is 0 Å². The molecule has 17 heavy (non-hydrogen) atoms. The van der Waals surface area contributed by atoms with Gasteiger partial charge in [-0.05, 0) is 12.8 Å². The molecular formula is C9H11N5O2S. The van der Waals surface area contributed by atoms with Gasteiger partial charge in [-0.3, -0.25) is 4.79 Å². The van der Waals surface area contributed by atoms with E-state index in [1.807, 2.05) is 0 Å². The Morgan fingerprint density at radius 3 is 3.41 bits per heavy atom. The normalized spacial score (nSPS) is 19.9. The summed E-state index contributed by atoms with van der Waals surface area (Å²) in [6, 6.07) is 0. The van der Waals surface area contributed by atoms with Crippen LogP contribution in [0.4, 0.5) is 0 Å². The van der Waals surface area contributed by atoms with Crippen LogP contribution in [0.15, 0.2) is 6.33 Å². The van der Waals surface area contributed by atoms with Crippen LogP contribution >= 0.6 is 11.3 Å². The molecule has 7 nitrogen and oxygen atoms in total. The van der Waals surface area contributed by atoms with Crippen LogP contribution in [0.2, 0.25) is 0 Å². The molecule has 0 aliphatic carbocycles. The number of carbonyl (C=O) groups excluding carboxylic acids is 1. The van der Waals surface area contributed by atoms with Gasteiger partial charge in [-0.2, -0.15) is 9.61 Å². The van der Waals surface area contributed by atoms with E-state index in [1.165, 1.54) is 17.7 Å². The molecule has 1 aliphatic rings. The molecule has 0 radical (unpaired) electrons. The fourth-order valence-corrected chi connectivity index (χ4v) is 2.49. The number of nitrogens with one attached hydrogen (secondary N) is 1. The molecule has 1 unspecified atom stereocenters. The van der Waals surface area contributed by atoms with Gasteiger partial charge >= 0.3 is 0 Å². The Labute approximate surface area is 101 Å². The highest BCUT2D eigenvalue weighted by atomic mass is 32.1. The van der Waals surface area contributed by atoms with E-state index in [1.54, 1.807) is 4.52 Å². The second-order valence-corrected chi connectivity index (χ2v) is 4.81. The second-order valence-electron chi connectivity index (χ2n) is 3.77. The third-order valence-electron chi connectivity index (χ3n) is 2.56. The minimum Gasteiger partial charge on any atom is -0.368 e. The highest BCUT2D eigenvalue weighted by Gasteiger charge is 2.23. The van der Waals surface area contributed by atoms with Crippen molar-refractivity contribution in [3.63, 3.8) is 0 Å². The molecule has 1 fully saturated rings. The Hall–Kier alpha value is -1.54. The fraction of sp³-hybridized carbons (Fsp3) is 0.556. The number of ether oxygens (including phenoxy) is 1. The summed E-state index contributed by atoms with van der Waals surface area (Å²) in [5, 5.41) is 15.4. The van der Waals surface area contributed by atoms with Crippen LogP contribution in [0.1, 0.15) is 17.8 Å². The number of fused-ring (bicyclic) bond motifs is 1. The quantitative estimate of drug-likeness (QED) is 0.831. The van der Waals surface area contributed by atoms with Crippen molar-refractivity contribution in [2.45, 2.75) is 25.5 Å². The van der Waals surface area contributed by atoms with Gasteiger partial charge in [0.1, 0.15) is 17.4 Å². The molecule has 2 aromatic rings. The van der Waals surface area contributed by atoms with Crippen LogP contribution in [0.5, 0.6) is 0 Å². The zero-order valence-electron chi connectivity index (χ0n) is 9.00. The lowest BCUT2D eigenvalue weighted by molar-refractivity contribution is -0.130. The van der Waals surface area contributed by atoms with Crippen LogP contribution in [0.25, 0.3) is 4.96 Å². The Bertz CT molecular complexity index is 502. The summed E-state index contributed by atoms with van der Waals surface area (Å²) in [7, 11) is 0. The van der Waals surface area contributed by atoms with Gasteiger partial charge in [-0.1, -0.05) is 11.3 Å². The van der Waals surface area contributed by atoms with Crippen molar-refractivity contribution in [2.75, 3.05) is 6.61 Å². The van der Waals surface area contributed by atoms with Crippen molar-refractivity contribution < 1.29 is 9.53 Å². The summed E-state index contributed by atoms with van der Waals surface area (Å²) in [4.78, 5) is 12.4. The summed E-state index contributed by atoms with van der Waals surface area (Å²) in [5.74, 6) is -0.0616. The van der Waals surface area contributed by atoms with Crippen LogP contribution in [0.3, 0.4) is 0 Å². The number of aromatic nitrogens is 4. The van der Waals surface area contributed by atoms with Crippen molar-refractivity contribution in [2.24, 2.45) is 0 Å². The molecule has 1 amide bonds. The molecule has 3 rings (SSSR count). The monoisotopic (exact) mass is 253 g/mol. The van der Waals surface area contributed by atoms with Crippen molar-refractivity contribution >= 4 is 22.2 Å². The lowest BCUT2D eigenvalue weighted by Crippen LogP contribution is -2.33. The Morgan fingerprint density at radius 2 is 2.65 bits per heavy atom. The van der Waals surface area contributed by atoms with E-state index in [-0.39, 0.29) is 12.0 Å². The van der Waals surface area contributed by atoms with Crippen molar-refractivity contribution in [3.8, 4) is 0 Å². The first-order chi connectivity index (χ1) is 8.33. The summed E-state index contributed by atoms with van der Waals surface area (Å²) in [6.07, 6.45) is 3.00. The number of nitrogens with zero attached hydrogens (tertiary/aromatic N) is 4. The summed E-state index contributed by atoms with van der Waals surface area (Å²) in [5.41, 5.74) is 0. The molecule has 0 aromatic carbocycles. The smallest absolute Gasteiger partial charge is 0.249 e. The lowest BCUT2D eigenvalue weighted by atomic mass is 10.2. The Balaban J connectivity index is 1.60. The minimum absolute atomic E-state index is 0.0616. The van der Waals surface area contributed by atoms with Crippen LogP contribution in [0, 0.1) is 0 Å². The minimum atomic E-state index is -0.291. The molecule has 8 heteroatoms. The number of carbonyl (C=O) groups is 1. The molecule has 1 N–H and O–H groups in total. The first-order valence-electron chi connectivity index (χ1n) is 5.38. The fourth-order valence-electron chi connectivity index (χ4n) is 1.73. The van der Waals surface area contributed by atoms with Crippen molar-refractivity contribution in [3.05, 3.63) is 11.3 Å². The predicted octanol–water partition coefficient (Wildman–Crippen LogP) is -0.0190. The van der Waals surface area contributed by atoms with E-state index in [4.69, 9.17) is 4.74 Å². The zero-order chi connectivity index (χ0) is 11.7. The standard InChI is InChI=1S/C9H11N5O2S/c15-8(6-2-1-3-16-6)10-4-7-13-14-5-11-12-9(14)17-7/h5-6H,1-4H2,(H,10,15). The zero-order valence-corrected chi connectivity index (χ0v) is 9.81. The third kappa shape index (κ3) is 2.13. The van der Waals surface area contributed by atoms with E-state index in [9.17, 15) is 4.79 Å². The van der Waals surface area contributed by atoms with Gasteiger partial charge in [0.2, 0.25) is 10.9 Å². The SMILES string of the molecule is O=C(NCc1nn2cnnc2s1)C1CCCO1. The number of hydrogen-bond donors (Lipinski definition) is 1. The molecule has 1 atom stereocenters. The van der Waals surface area contributed by atoms with Crippen molar-refractivity contribution in [1.82, 2.24) is 25.1 Å². The van der Waals surface area contributed by atoms with E-state index < -0.39 is 0 Å². The van der Waals surface area contributed by atoms with Gasteiger partial charge in [0.25, 0.3) is 0 Å². The molecule has 1 saturated heterocycles. The Kier molecular flexibility index (Phi) is 2.73. The molecule has 0 bridgehead atoms. The number of hydrogen-bond acceptors (Lipinski definition) is 6. The average Bonchev–Trinajstić information content (AvgIpc) is 3.01. The van der Waals surface area contributed by atoms with Crippen LogP contribution in [-0.4, -0.2) is 38.4 Å². The number of amides is 1. The lowest BCUT2D eigenvalue weighted by Gasteiger charge is -2.08. The van der Waals surface area contributed by atoms with Gasteiger partial charge in [0.15, 0.2) is 0 Å². The maximum absolute atomic E-state index is 11.7. The highest BCUT2D eigenvalue weighted by Crippen LogP contribution is 2.13. The van der Waals surface area contributed by atoms with E-state index in [2.05, 4.69) is 20.6 Å². The maximum Gasteiger partial charge on any atom is 0.249 e. The van der Waals surface area contributed by atoms with Gasteiger partial charge < -0.3 is 10.1 Å². The molecule has 3 heterocycles. The van der Waals surface area contributed by atoms with Gasteiger partial charge in [0, 0.05) is 6.61 Å². The van der Waals surface area contributed by atoms with Gasteiger partial charge in [0.05, 0.1) is 6.54 Å². The summed E-state index contributed by atoms with van der Waals surface area (Å²) < 4.78 is 6.89. The van der Waals surface area contributed by atoms with Crippen LogP contribution < -0.4 is 5.32 Å². The molecule has 1 aliphatic heterocycles. The largest absolute Gasteiger partial charge is 0.368 e. The molecule has 2 aromatic heterocycles. The van der Waals surface area contributed by atoms with E-state index in [0.717, 1.165) is 22.8 Å². The topological polar surface area (TPSA) is 81.4 Å². The third-order valence-corrected chi connectivity index (χ3v) is 3.48. The first kappa shape index (κ1) is 10.6. The first-order valence-corrected chi connectivity index (χ1v) is 6.19. The predicted molar refractivity (Wildman–Crippen MR) is 59.5 cm³/mol. The summed E-state index contributed by atoms with van der Waals surface area (Å²) >= 11 is 1.41.